The first kappa shape index (κ1) is 20.3. The van der Waals surface area contributed by atoms with Crippen LogP contribution < -0.4 is 5.32 Å². The fraction of sp³-hybridized carbons (Fsp3) is 0.727. The van der Waals surface area contributed by atoms with Gasteiger partial charge >= 0.3 is 0 Å². The van der Waals surface area contributed by atoms with Gasteiger partial charge in [-0.2, -0.15) is 0 Å². The van der Waals surface area contributed by atoms with E-state index in [1.54, 1.807) is 0 Å². The first-order valence-corrected chi connectivity index (χ1v) is 11.1. The number of hydrogen-bond donors (Lipinski definition) is 1. The van der Waals surface area contributed by atoms with Crippen LogP contribution in [0.25, 0.3) is 0 Å². The zero-order valence-electron chi connectivity index (χ0n) is 17.7. The van der Waals surface area contributed by atoms with E-state index >= 15 is 0 Å². The van der Waals surface area contributed by atoms with E-state index in [-0.39, 0.29) is 11.8 Å². The summed E-state index contributed by atoms with van der Waals surface area (Å²) in [6, 6.07) is 2.44. The van der Waals surface area contributed by atoms with E-state index in [4.69, 9.17) is 0 Å². The van der Waals surface area contributed by atoms with Crippen molar-refractivity contribution in [3.05, 3.63) is 23.3 Å². The Balaban J connectivity index is 1.25. The van der Waals surface area contributed by atoms with Gasteiger partial charge in [-0.05, 0) is 65.0 Å². The molecule has 0 aromatic carbocycles. The normalized spacial score (nSPS) is 23.8. The van der Waals surface area contributed by atoms with Gasteiger partial charge in [0, 0.05) is 43.0 Å². The smallest absolute Gasteiger partial charge is 0.225 e. The first-order valence-electron chi connectivity index (χ1n) is 11.1. The molecule has 1 aromatic heterocycles. The molecule has 1 aliphatic carbocycles. The van der Waals surface area contributed by atoms with Crippen LogP contribution in [-0.4, -0.2) is 63.8 Å². The Labute approximate surface area is 173 Å². The number of amides is 2. The summed E-state index contributed by atoms with van der Waals surface area (Å²) in [7, 11) is 0. The molecule has 0 radical (unpaired) electrons. The summed E-state index contributed by atoms with van der Waals surface area (Å²) in [5.74, 6) is 1.50. The molecular formula is C22H33N5O2. The maximum absolute atomic E-state index is 12.7. The van der Waals surface area contributed by atoms with Gasteiger partial charge in [0.2, 0.25) is 11.8 Å². The van der Waals surface area contributed by atoms with Crippen LogP contribution in [0.2, 0.25) is 0 Å². The summed E-state index contributed by atoms with van der Waals surface area (Å²) in [5, 5.41) is 3.04. The number of aromatic nitrogens is 2. The molecular weight excluding hydrogens is 366 g/mol. The number of likely N-dealkylation sites (tertiary alicyclic amines) is 2. The zero-order chi connectivity index (χ0) is 20.4. The third-order valence-corrected chi connectivity index (χ3v) is 6.49. The average Bonchev–Trinajstić information content (AvgIpc) is 3.56. The fourth-order valence-electron chi connectivity index (χ4n) is 4.78. The largest absolute Gasteiger partial charge is 0.349 e. The summed E-state index contributed by atoms with van der Waals surface area (Å²) in [6.45, 7) is 7.91. The summed E-state index contributed by atoms with van der Waals surface area (Å²) < 4.78 is 0. The van der Waals surface area contributed by atoms with Crippen molar-refractivity contribution in [2.24, 2.45) is 11.8 Å². The van der Waals surface area contributed by atoms with Crippen LogP contribution in [0.3, 0.4) is 0 Å². The molecule has 0 unspecified atom stereocenters. The molecule has 3 heterocycles. The minimum atomic E-state index is 0.0285. The quantitative estimate of drug-likeness (QED) is 0.817. The second kappa shape index (κ2) is 8.78. The number of rotatable bonds is 5. The lowest BCUT2D eigenvalue weighted by molar-refractivity contribution is -0.134. The molecule has 7 heteroatoms. The first-order chi connectivity index (χ1) is 14.0. The Morgan fingerprint density at radius 3 is 2.34 bits per heavy atom. The third-order valence-electron chi connectivity index (χ3n) is 6.49. The minimum Gasteiger partial charge on any atom is -0.349 e. The standard InChI is InChI=1S/C22H33N5O2/c1-15-12-16(2)25-20(24-15)13-23-21(28)18-4-3-9-27(14-18)19-7-10-26(11-8-19)22(29)17-5-6-17/h12,17-19H,3-11,13-14H2,1-2H3,(H,23,28)/t18-/m0/s1. The lowest BCUT2D eigenvalue weighted by Gasteiger charge is -2.42. The van der Waals surface area contributed by atoms with E-state index in [0.717, 1.165) is 76.1 Å². The van der Waals surface area contributed by atoms with Crippen molar-refractivity contribution in [1.29, 1.82) is 0 Å². The van der Waals surface area contributed by atoms with Crippen molar-refractivity contribution in [1.82, 2.24) is 25.1 Å². The molecule has 2 amide bonds. The number of nitrogens with one attached hydrogen (secondary N) is 1. The second-order valence-electron chi connectivity index (χ2n) is 8.95. The summed E-state index contributed by atoms with van der Waals surface area (Å²) in [6.07, 6.45) is 6.21. The summed E-state index contributed by atoms with van der Waals surface area (Å²) in [4.78, 5) is 38.4. The predicted octanol–water partition coefficient (Wildman–Crippen LogP) is 1.82. The van der Waals surface area contributed by atoms with Gasteiger partial charge in [0.05, 0.1) is 12.5 Å². The van der Waals surface area contributed by atoms with E-state index < -0.39 is 0 Å². The molecule has 1 aromatic rings. The maximum Gasteiger partial charge on any atom is 0.225 e. The monoisotopic (exact) mass is 399 g/mol. The van der Waals surface area contributed by atoms with E-state index in [9.17, 15) is 9.59 Å². The van der Waals surface area contributed by atoms with Gasteiger partial charge in [0.1, 0.15) is 5.82 Å². The topological polar surface area (TPSA) is 78.4 Å². The highest BCUT2D eigenvalue weighted by Crippen LogP contribution is 2.32. The average molecular weight is 400 g/mol. The van der Waals surface area contributed by atoms with Gasteiger partial charge in [-0.1, -0.05) is 0 Å². The molecule has 4 rings (SSSR count). The Morgan fingerprint density at radius 2 is 1.69 bits per heavy atom. The number of aryl methyl sites for hydroxylation is 2. The summed E-state index contributed by atoms with van der Waals surface area (Å²) >= 11 is 0. The van der Waals surface area contributed by atoms with Crippen molar-refractivity contribution in [2.75, 3.05) is 26.2 Å². The Hall–Kier alpha value is -2.02. The molecule has 1 N–H and O–H groups in total. The SMILES string of the molecule is Cc1cc(C)nc(CNC(=O)[C@H]2CCCN(C3CCN(C(=O)C4CC4)CC3)C2)n1. The molecule has 158 valence electrons. The molecule has 3 fully saturated rings. The van der Waals surface area contributed by atoms with Gasteiger partial charge in [-0.15, -0.1) is 0 Å². The van der Waals surface area contributed by atoms with E-state index in [1.165, 1.54) is 0 Å². The third kappa shape index (κ3) is 5.13. The van der Waals surface area contributed by atoms with Crippen LogP contribution in [0.1, 0.15) is 55.7 Å². The molecule has 3 aliphatic rings. The highest BCUT2D eigenvalue weighted by molar-refractivity contribution is 5.81. The summed E-state index contributed by atoms with van der Waals surface area (Å²) in [5.41, 5.74) is 1.86. The van der Waals surface area contributed by atoms with Crippen molar-refractivity contribution in [2.45, 2.75) is 65.0 Å². The molecule has 0 spiro atoms. The molecule has 2 aliphatic heterocycles. The predicted molar refractivity (Wildman–Crippen MR) is 110 cm³/mol. The molecule has 29 heavy (non-hydrogen) atoms. The Kier molecular flexibility index (Phi) is 6.13. The Morgan fingerprint density at radius 1 is 1.00 bits per heavy atom. The van der Waals surface area contributed by atoms with Gasteiger partial charge in [0.25, 0.3) is 0 Å². The maximum atomic E-state index is 12.7. The van der Waals surface area contributed by atoms with Crippen LogP contribution in [0.15, 0.2) is 6.07 Å². The van der Waals surface area contributed by atoms with Crippen LogP contribution in [0.4, 0.5) is 0 Å². The number of hydrogen-bond acceptors (Lipinski definition) is 5. The fourth-order valence-corrected chi connectivity index (χ4v) is 4.78. The number of nitrogens with zero attached hydrogens (tertiary/aromatic N) is 4. The van der Waals surface area contributed by atoms with Gasteiger partial charge < -0.3 is 10.2 Å². The van der Waals surface area contributed by atoms with E-state index in [0.29, 0.717) is 30.2 Å². The van der Waals surface area contributed by atoms with Crippen molar-refractivity contribution >= 4 is 11.8 Å². The number of carbonyl (C=O) groups is 2. The van der Waals surface area contributed by atoms with Crippen LogP contribution in [0, 0.1) is 25.7 Å². The van der Waals surface area contributed by atoms with Gasteiger partial charge in [0.15, 0.2) is 0 Å². The molecule has 7 nitrogen and oxygen atoms in total. The highest BCUT2D eigenvalue weighted by atomic mass is 16.2. The lowest BCUT2D eigenvalue weighted by Crippen LogP contribution is -2.51. The molecule has 0 bridgehead atoms. The van der Waals surface area contributed by atoms with E-state index in [1.807, 2.05) is 19.9 Å². The van der Waals surface area contributed by atoms with Crippen LogP contribution in [0.5, 0.6) is 0 Å². The number of piperidine rings is 2. The van der Waals surface area contributed by atoms with Crippen molar-refractivity contribution in [3.8, 4) is 0 Å². The van der Waals surface area contributed by atoms with Crippen molar-refractivity contribution < 1.29 is 9.59 Å². The van der Waals surface area contributed by atoms with Gasteiger partial charge in [-0.25, -0.2) is 9.97 Å². The zero-order valence-corrected chi connectivity index (χ0v) is 17.7. The Bertz CT molecular complexity index is 735. The molecule has 2 saturated heterocycles. The lowest BCUT2D eigenvalue weighted by atomic mass is 9.93. The minimum absolute atomic E-state index is 0.0285. The van der Waals surface area contributed by atoms with E-state index in [2.05, 4.69) is 25.1 Å². The van der Waals surface area contributed by atoms with Crippen molar-refractivity contribution in [3.63, 3.8) is 0 Å². The van der Waals surface area contributed by atoms with Gasteiger partial charge in [-0.3, -0.25) is 14.5 Å². The second-order valence-corrected chi connectivity index (χ2v) is 8.95. The molecule has 1 saturated carbocycles. The number of carbonyl (C=O) groups excluding carboxylic acids is 2. The van der Waals surface area contributed by atoms with Crippen LogP contribution >= 0.6 is 0 Å². The molecule has 1 atom stereocenters. The highest BCUT2D eigenvalue weighted by Gasteiger charge is 2.37. The van der Waals surface area contributed by atoms with Crippen LogP contribution in [-0.2, 0) is 16.1 Å².